The zero-order valence-electron chi connectivity index (χ0n) is 11.1. The van der Waals surface area contributed by atoms with E-state index in [1.165, 1.54) is 0 Å². The first-order valence-corrected chi connectivity index (χ1v) is 8.12. The number of unbranched alkanes of at least 4 members (excludes halogenated alkanes) is 2. The molecule has 0 aliphatic heterocycles. The van der Waals surface area contributed by atoms with Gasteiger partial charge in [0, 0.05) is 6.04 Å². The van der Waals surface area contributed by atoms with Crippen molar-refractivity contribution < 1.29 is 8.42 Å². The van der Waals surface area contributed by atoms with Crippen molar-refractivity contribution >= 4 is 9.84 Å². The zero-order chi connectivity index (χ0) is 12.6. The van der Waals surface area contributed by atoms with Crippen molar-refractivity contribution in [3.8, 4) is 0 Å². The SMILES string of the molecule is CCCCCS(=O)(=O)C(C)C(C)NCCC. The molecule has 0 heterocycles. The van der Waals surface area contributed by atoms with E-state index >= 15 is 0 Å². The van der Waals surface area contributed by atoms with Gasteiger partial charge in [0.25, 0.3) is 0 Å². The van der Waals surface area contributed by atoms with Gasteiger partial charge in [-0.3, -0.25) is 0 Å². The van der Waals surface area contributed by atoms with Gasteiger partial charge in [0.05, 0.1) is 11.0 Å². The number of sulfone groups is 1. The fraction of sp³-hybridized carbons (Fsp3) is 1.00. The molecule has 0 spiro atoms. The van der Waals surface area contributed by atoms with E-state index in [-0.39, 0.29) is 11.3 Å². The minimum Gasteiger partial charge on any atom is -0.313 e. The van der Waals surface area contributed by atoms with Crippen molar-refractivity contribution in [1.29, 1.82) is 0 Å². The van der Waals surface area contributed by atoms with Gasteiger partial charge in [0.2, 0.25) is 0 Å². The highest BCUT2D eigenvalue weighted by molar-refractivity contribution is 7.92. The van der Waals surface area contributed by atoms with Crippen molar-refractivity contribution in [2.24, 2.45) is 0 Å². The highest BCUT2D eigenvalue weighted by atomic mass is 32.2. The average molecular weight is 249 g/mol. The molecule has 0 aromatic heterocycles. The van der Waals surface area contributed by atoms with E-state index in [0.29, 0.717) is 5.75 Å². The molecule has 0 aromatic carbocycles. The lowest BCUT2D eigenvalue weighted by Crippen LogP contribution is -2.41. The van der Waals surface area contributed by atoms with E-state index in [0.717, 1.165) is 32.2 Å². The summed E-state index contributed by atoms with van der Waals surface area (Å²) in [5.41, 5.74) is 0. The van der Waals surface area contributed by atoms with Gasteiger partial charge in [-0.25, -0.2) is 8.42 Å². The van der Waals surface area contributed by atoms with Crippen LogP contribution in [0, 0.1) is 0 Å². The maximum absolute atomic E-state index is 12.0. The molecule has 1 N–H and O–H groups in total. The predicted octanol–water partition coefficient (Wildman–Crippen LogP) is 2.37. The van der Waals surface area contributed by atoms with E-state index in [1.807, 2.05) is 13.8 Å². The third-order valence-corrected chi connectivity index (χ3v) is 5.42. The summed E-state index contributed by atoms with van der Waals surface area (Å²) >= 11 is 0. The van der Waals surface area contributed by atoms with Gasteiger partial charge in [0.15, 0.2) is 9.84 Å². The molecule has 3 nitrogen and oxygen atoms in total. The molecule has 0 amide bonds. The maximum atomic E-state index is 12.0. The van der Waals surface area contributed by atoms with Crippen LogP contribution >= 0.6 is 0 Å². The molecular weight excluding hydrogens is 222 g/mol. The summed E-state index contributed by atoms with van der Waals surface area (Å²) in [4.78, 5) is 0. The Kier molecular flexibility index (Phi) is 8.02. The Morgan fingerprint density at radius 1 is 1.06 bits per heavy atom. The van der Waals surface area contributed by atoms with E-state index in [9.17, 15) is 8.42 Å². The van der Waals surface area contributed by atoms with Gasteiger partial charge in [0.1, 0.15) is 0 Å². The first kappa shape index (κ1) is 15.9. The maximum Gasteiger partial charge on any atom is 0.154 e. The molecule has 16 heavy (non-hydrogen) atoms. The summed E-state index contributed by atoms with van der Waals surface area (Å²) in [7, 11) is -2.92. The number of hydrogen-bond donors (Lipinski definition) is 1. The second-order valence-electron chi connectivity index (χ2n) is 4.52. The van der Waals surface area contributed by atoms with Crippen molar-refractivity contribution in [2.75, 3.05) is 12.3 Å². The molecule has 0 aliphatic carbocycles. The lowest BCUT2D eigenvalue weighted by atomic mass is 10.2. The van der Waals surface area contributed by atoms with Crippen LogP contribution in [0.25, 0.3) is 0 Å². The van der Waals surface area contributed by atoms with Crippen LogP contribution in [0.2, 0.25) is 0 Å². The van der Waals surface area contributed by atoms with Crippen molar-refractivity contribution in [3.05, 3.63) is 0 Å². The number of nitrogens with one attached hydrogen (secondary N) is 1. The summed E-state index contributed by atoms with van der Waals surface area (Å²) in [5.74, 6) is 0.333. The minimum atomic E-state index is -2.92. The summed E-state index contributed by atoms with van der Waals surface area (Å²) < 4.78 is 23.9. The molecule has 0 saturated heterocycles. The van der Waals surface area contributed by atoms with Crippen molar-refractivity contribution in [3.63, 3.8) is 0 Å². The summed E-state index contributed by atoms with van der Waals surface area (Å²) in [6.45, 7) is 8.82. The fourth-order valence-electron chi connectivity index (χ4n) is 1.59. The monoisotopic (exact) mass is 249 g/mol. The first-order chi connectivity index (χ1) is 7.45. The summed E-state index contributed by atoms with van der Waals surface area (Å²) in [5, 5.41) is 2.97. The molecule has 98 valence electrons. The summed E-state index contributed by atoms with van der Waals surface area (Å²) in [6, 6.07) is 0.0478. The largest absolute Gasteiger partial charge is 0.313 e. The van der Waals surface area contributed by atoms with E-state index in [2.05, 4.69) is 19.2 Å². The molecule has 0 rings (SSSR count). The van der Waals surface area contributed by atoms with Gasteiger partial charge in [-0.2, -0.15) is 0 Å². The standard InChI is InChI=1S/C12H27NO2S/c1-5-7-8-10-16(14,15)12(4)11(3)13-9-6-2/h11-13H,5-10H2,1-4H3. The Balaban J connectivity index is 4.16. The van der Waals surface area contributed by atoms with E-state index < -0.39 is 9.84 Å². The molecule has 0 aliphatic rings. The smallest absolute Gasteiger partial charge is 0.154 e. The van der Waals surface area contributed by atoms with Crippen LogP contribution < -0.4 is 5.32 Å². The quantitative estimate of drug-likeness (QED) is 0.638. The third kappa shape index (κ3) is 5.85. The zero-order valence-corrected chi connectivity index (χ0v) is 11.9. The fourth-order valence-corrected chi connectivity index (χ4v) is 3.28. The molecular formula is C12H27NO2S. The van der Waals surface area contributed by atoms with Crippen LogP contribution in [0.15, 0.2) is 0 Å². The van der Waals surface area contributed by atoms with Crippen LogP contribution in [0.1, 0.15) is 53.4 Å². The highest BCUT2D eigenvalue weighted by Gasteiger charge is 2.25. The Bertz CT molecular complexity index is 262. The molecule has 0 saturated carbocycles. The first-order valence-electron chi connectivity index (χ1n) is 6.40. The Morgan fingerprint density at radius 3 is 2.19 bits per heavy atom. The van der Waals surface area contributed by atoms with Crippen LogP contribution in [-0.2, 0) is 9.84 Å². The predicted molar refractivity (Wildman–Crippen MR) is 70.5 cm³/mol. The normalized spacial score (nSPS) is 16.0. The molecule has 2 atom stereocenters. The van der Waals surface area contributed by atoms with Crippen molar-refractivity contribution in [2.45, 2.75) is 64.7 Å². The molecule has 0 fully saturated rings. The van der Waals surface area contributed by atoms with Crippen LogP contribution in [0.3, 0.4) is 0 Å². The Hall–Kier alpha value is -0.0900. The lowest BCUT2D eigenvalue weighted by Gasteiger charge is -2.21. The Morgan fingerprint density at radius 2 is 1.69 bits per heavy atom. The number of rotatable bonds is 9. The highest BCUT2D eigenvalue weighted by Crippen LogP contribution is 2.10. The Labute approximate surface area is 101 Å². The van der Waals surface area contributed by atoms with Crippen LogP contribution in [0.5, 0.6) is 0 Å². The third-order valence-electron chi connectivity index (χ3n) is 3.02. The molecule has 0 radical (unpaired) electrons. The van der Waals surface area contributed by atoms with Gasteiger partial charge >= 0.3 is 0 Å². The second-order valence-corrected chi connectivity index (χ2v) is 7.00. The average Bonchev–Trinajstić information content (AvgIpc) is 2.25. The molecule has 2 unspecified atom stereocenters. The van der Waals surface area contributed by atoms with Gasteiger partial charge in [-0.15, -0.1) is 0 Å². The molecule has 0 bridgehead atoms. The van der Waals surface area contributed by atoms with Gasteiger partial charge < -0.3 is 5.32 Å². The minimum absolute atomic E-state index is 0.0478. The van der Waals surface area contributed by atoms with Crippen LogP contribution in [-0.4, -0.2) is 32.0 Å². The van der Waals surface area contributed by atoms with Gasteiger partial charge in [-0.1, -0.05) is 26.7 Å². The summed E-state index contributed by atoms with van der Waals surface area (Å²) in [6.07, 6.45) is 3.90. The lowest BCUT2D eigenvalue weighted by molar-refractivity contribution is 0.507. The van der Waals surface area contributed by atoms with E-state index in [1.54, 1.807) is 0 Å². The number of hydrogen-bond acceptors (Lipinski definition) is 3. The van der Waals surface area contributed by atoms with Crippen molar-refractivity contribution in [1.82, 2.24) is 5.32 Å². The van der Waals surface area contributed by atoms with Gasteiger partial charge in [-0.05, 0) is 33.2 Å². The van der Waals surface area contributed by atoms with E-state index in [4.69, 9.17) is 0 Å². The second kappa shape index (κ2) is 8.07. The topological polar surface area (TPSA) is 46.2 Å². The molecule has 4 heteroatoms. The molecule has 0 aromatic rings. The van der Waals surface area contributed by atoms with Crippen LogP contribution in [0.4, 0.5) is 0 Å².